The van der Waals surface area contributed by atoms with Crippen LogP contribution in [0.2, 0.25) is 0 Å². The minimum Gasteiger partial charge on any atom is -0.390 e. The maximum absolute atomic E-state index is 16.8. The van der Waals surface area contributed by atoms with Crippen LogP contribution in [-0.4, -0.2) is 45.5 Å². The van der Waals surface area contributed by atoms with Crippen LogP contribution in [0.1, 0.15) is 58.8 Å². The lowest BCUT2D eigenvalue weighted by Gasteiger charge is -2.64. The largest absolute Gasteiger partial charge is 0.456 e. The van der Waals surface area contributed by atoms with Crippen molar-refractivity contribution in [2.24, 2.45) is 22.7 Å². The molecule has 0 amide bonds. The van der Waals surface area contributed by atoms with Gasteiger partial charge in [0.25, 0.3) is 0 Å². The lowest BCUT2D eigenvalue weighted by atomic mass is 9.43. The Kier molecular flexibility index (Phi) is 4.44. The second kappa shape index (κ2) is 6.03. The van der Waals surface area contributed by atoms with Crippen LogP contribution in [0.5, 0.6) is 0 Å². The number of hydrogen-bond acceptors (Lipinski definition) is 3. The third kappa shape index (κ3) is 2.29. The van der Waals surface area contributed by atoms with Gasteiger partial charge in [-0.05, 0) is 50.5 Å². The Hall–Kier alpha value is -1.09. The lowest BCUT2D eigenvalue weighted by molar-refractivity contribution is -0.368. The number of allylic oxidation sites excluding steroid dienone is 1. The quantitative estimate of drug-likeness (QED) is 0.590. The van der Waals surface area contributed by atoms with E-state index in [-0.39, 0.29) is 31.5 Å². The van der Waals surface area contributed by atoms with Gasteiger partial charge in [0.15, 0.2) is 5.78 Å². The van der Waals surface area contributed by atoms with Crippen LogP contribution in [-0.2, 0) is 4.79 Å². The van der Waals surface area contributed by atoms with Gasteiger partial charge in [-0.2, -0.15) is 22.0 Å². The van der Waals surface area contributed by atoms with Crippen molar-refractivity contribution in [3.05, 3.63) is 11.6 Å². The van der Waals surface area contributed by atoms with Crippen molar-refractivity contribution in [3.8, 4) is 0 Å². The molecule has 4 aliphatic rings. The Morgan fingerprint density at radius 3 is 2.27 bits per heavy atom. The molecule has 0 radical (unpaired) electrons. The monoisotopic (exact) mass is 440 g/mol. The highest BCUT2D eigenvalue weighted by atomic mass is 19.4. The normalized spacial score (nSPS) is 49.2. The van der Waals surface area contributed by atoms with Gasteiger partial charge in [0, 0.05) is 23.2 Å². The predicted molar refractivity (Wildman–Crippen MR) is 94.4 cm³/mol. The SMILES string of the molecule is C[C@]12CCC(=O)C=C1CCC1C3CC[C@](O)(C(F)(F)C(F)(F)F)[C@@]3(C)C[C@@H](O)[C@]12F. The summed E-state index contributed by atoms with van der Waals surface area (Å²) >= 11 is 0. The molecule has 0 aromatic heterocycles. The summed E-state index contributed by atoms with van der Waals surface area (Å²) in [6.07, 6.45) is -7.45. The lowest BCUT2D eigenvalue weighted by Crippen LogP contribution is -2.71. The molecule has 0 heterocycles. The first kappa shape index (κ1) is 22.1. The molecule has 0 saturated heterocycles. The molecule has 0 aromatic carbocycles. The van der Waals surface area contributed by atoms with E-state index >= 15 is 4.39 Å². The van der Waals surface area contributed by atoms with Crippen molar-refractivity contribution in [3.63, 3.8) is 0 Å². The van der Waals surface area contributed by atoms with E-state index in [2.05, 4.69) is 0 Å². The molecule has 7 atom stereocenters. The summed E-state index contributed by atoms with van der Waals surface area (Å²) in [7, 11) is 0. The zero-order valence-electron chi connectivity index (χ0n) is 16.8. The molecule has 4 rings (SSSR count). The molecule has 0 bridgehead atoms. The Bertz CT molecular complexity index is 809. The van der Waals surface area contributed by atoms with E-state index in [0.29, 0.717) is 12.0 Å². The average Bonchev–Trinajstić information content (AvgIpc) is 2.89. The Balaban J connectivity index is 1.81. The van der Waals surface area contributed by atoms with Gasteiger partial charge in [-0.1, -0.05) is 19.4 Å². The number of fused-ring (bicyclic) bond motifs is 5. The van der Waals surface area contributed by atoms with Gasteiger partial charge in [0.05, 0.1) is 6.10 Å². The van der Waals surface area contributed by atoms with Crippen molar-refractivity contribution in [1.82, 2.24) is 0 Å². The Morgan fingerprint density at radius 1 is 1.03 bits per heavy atom. The first-order valence-corrected chi connectivity index (χ1v) is 10.3. The fraction of sp³-hybridized carbons (Fsp3) is 0.857. The van der Waals surface area contributed by atoms with E-state index in [1.54, 1.807) is 6.92 Å². The molecule has 0 aromatic rings. The summed E-state index contributed by atoms with van der Waals surface area (Å²) in [5.41, 5.74) is -8.33. The van der Waals surface area contributed by atoms with Crippen molar-refractivity contribution in [2.75, 3.05) is 0 Å². The zero-order chi connectivity index (χ0) is 22.5. The predicted octanol–water partition coefficient (Wildman–Crippen LogP) is 4.51. The highest BCUT2D eigenvalue weighted by molar-refractivity contribution is 5.91. The van der Waals surface area contributed by atoms with E-state index in [4.69, 9.17) is 0 Å². The summed E-state index contributed by atoms with van der Waals surface area (Å²) in [6.45, 7) is 2.74. The number of alkyl halides is 6. The fourth-order valence-corrected chi connectivity index (χ4v) is 7.33. The summed E-state index contributed by atoms with van der Waals surface area (Å²) in [5, 5.41) is 21.7. The van der Waals surface area contributed by atoms with E-state index in [1.165, 1.54) is 6.08 Å². The van der Waals surface area contributed by atoms with E-state index in [9.17, 15) is 37.0 Å². The first-order valence-electron chi connectivity index (χ1n) is 10.3. The summed E-state index contributed by atoms with van der Waals surface area (Å²) in [4.78, 5) is 11.8. The van der Waals surface area contributed by atoms with Gasteiger partial charge in [-0.3, -0.25) is 4.79 Å². The third-order valence-electron chi connectivity index (χ3n) is 9.07. The van der Waals surface area contributed by atoms with Crippen molar-refractivity contribution in [1.29, 1.82) is 0 Å². The molecule has 2 N–H and O–H groups in total. The number of hydrogen-bond donors (Lipinski definition) is 2. The Morgan fingerprint density at radius 2 is 1.67 bits per heavy atom. The smallest absolute Gasteiger partial charge is 0.390 e. The molecule has 0 aliphatic heterocycles. The van der Waals surface area contributed by atoms with Crippen molar-refractivity contribution in [2.45, 2.75) is 88.3 Å². The number of aliphatic hydroxyl groups is 2. The van der Waals surface area contributed by atoms with Crippen LogP contribution in [0.15, 0.2) is 11.6 Å². The summed E-state index contributed by atoms with van der Waals surface area (Å²) < 4.78 is 85.3. The maximum atomic E-state index is 16.8. The molecule has 0 spiro atoms. The molecule has 3 nitrogen and oxygen atoms in total. The van der Waals surface area contributed by atoms with Gasteiger partial charge < -0.3 is 10.2 Å². The van der Waals surface area contributed by atoms with Crippen LogP contribution in [0.3, 0.4) is 0 Å². The average molecular weight is 440 g/mol. The van der Waals surface area contributed by atoms with E-state index in [1.807, 2.05) is 0 Å². The highest BCUT2D eigenvalue weighted by Crippen LogP contribution is 2.72. The summed E-state index contributed by atoms with van der Waals surface area (Å²) in [5.74, 6) is -7.46. The van der Waals surface area contributed by atoms with Gasteiger partial charge in [0.2, 0.25) is 0 Å². The first-order chi connectivity index (χ1) is 13.6. The highest BCUT2D eigenvalue weighted by Gasteiger charge is 2.81. The van der Waals surface area contributed by atoms with Crippen molar-refractivity contribution < 1.29 is 41.4 Å². The van der Waals surface area contributed by atoms with Gasteiger partial charge in [-0.15, -0.1) is 0 Å². The number of carbonyl (C=O) groups is 1. The maximum Gasteiger partial charge on any atom is 0.456 e. The van der Waals surface area contributed by atoms with Crippen LogP contribution in [0.4, 0.5) is 26.3 Å². The Labute approximate surface area is 170 Å². The minimum atomic E-state index is -5.97. The number of rotatable bonds is 1. The molecular formula is C21H26F6O3. The number of carbonyl (C=O) groups excluding carboxylic acids is 1. The fourth-order valence-electron chi connectivity index (χ4n) is 7.33. The molecule has 30 heavy (non-hydrogen) atoms. The van der Waals surface area contributed by atoms with E-state index < -0.39 is 65.0 Å². The third-order valence-corrected chi connectivity index (χ3v) is 9.07. The molecule has 4 aliphatic carbocycles. The van der Waals surface area contributed by atoms with Crippen LogP contribution < -0.4 is 0 Å². The van der Waals surface area contributed by atoms with Gasteiger partial charge in [0.1, 0.15) is 11.3 Å². The molecule has 3 fully saturated rings. The zero-order valence-corrected chi connectivity index (χ0v) is 16.8. The molecule has 3 saturated carbocycles. The van der Waals surface area contributed by atoms with Crippen LogP contribution in [0.25, 0.3) is 0 Å². The molecule has 9 heteroatoms. The topological polar surface area (TPSA) is 57.5 Å². The second-order valence-corrected chi connectivity index (χ2v) is 10.1. The number of aliphatic hydroxyl groups excluding tert-OH is 1. The van der Waals surface area contributed by atoms with Gasteiger partial charge in [-0.25, -0.2) is 4.39 Å². The minimum absolute atomic E-state index is 0.0864. The number of ketones is 1. The molecule has 2 unspecified atom stereocenters. The standard InChI is InChI=1S/C21H26F6O3/c1-16-7-5-12(28)9-11(16)3-4-14-13-6-8-18(30,20(23,24)21(25,26)27)17(13,2)10-15(29)19(14,16)22/h9,13-15,29-30H,3-8,10H2,1-2H3/t13?,14?,15-,16+,17+,18-,19-/m1/s1. The number of halogens is 6. The molecular weight excluding hydrogens is 414 g/mol. The molecule has 170 valence electrons. The van der Waals surface area contributed by atoms with Crippen molar-refractivity contribution >= 4 is 5.78 Å². The van der Waals surface area contributed by atoms with Crippen LogP contribution >= 0.6 is 0 Å². The van der Waals surface area contributed by atoms with Crippen LogP contribution in [0, 0.1) is 22.7 Å². The second-order valence-electron chi connectivity index (χ2n) is 10.1. The summed E-state index contributed by atoms with van der Waals surface area (Å²) in [6, 6.07) is 0. The van der Waals surface area contributed by atoms with E-state index in [0.717, 1.165) is 6.92 Å². The van der Waals surface area contributed by atoms with Gasteiger partial charge >= 0.3 is 12.1 Å².